The van der Waals surface area contributed by atoms with Crippen molar-refractivity contribution < 1.29 is 0 Å². The highest BCUT2D eigenvalue weighted by molar-refractivity contribution is 7.26. The maximum atomic E-state index is 4.96. The van der Waals surface area contributed by atoms with Crippen LogP contribution in [0.4, 0.5) is 0 Å². The molecule has 2 aromatic carbocycles. The second-order valence-electron chi connectivity index (χ2n) is 7.98. The fourth-order valence-electron chi connectivity index (χ4n) is 4.57. The van der Waals surface area contributed by atoms with E-state index in [9.17, 15) is 0 Å². The Morgan fingerprint density at radius 2 is 1.97 bits per heavy atom. The van der Waals surface area contributed by atoms with Gasteiger partial charge in [0.1, 0.15) is 0 Å². The molecule has 0 saturated carbocycles. The molecule has 29 heavy (non-hydrogen) atoms. The van der Waals surface area contributed by atoms with E-state index in [1.807, 2.05) is 11.3 Å². The van der Waals surface area contributed by atoms with Gasteiger partial charge in [0, 0.05) is 32.4 Å². The van der Waals surface area contributed by atoms with Crippen molar-refractivity contribution in [2.75, 3.05) is 0 Å². The lowest BCUT2D eigenvalue weighted by Gasteiger charge is -2.21. The molecule has 0 bridgehead atoms. The Labute approximate surface area is 175 Å². The fraction of sp³-hybridized carbons (Fsp3) is 0.160. The summed E-state index contributed by atoms with van der Waals surface area (Å²) in [6.07, 6.45) is 8.93. The number of fused-ring (bicyclic) bond motifs is 7. The summed E-state index contributed by atoms with van der Waals surface area (Å²) in [6.45, 7) is 4.72. The van der Waals surface area contributed by atoms with Gasteiger partial charge in [0.15, 0.2) is 0 Å². The second kappa shape index (κ2) is 6.41. The van der Waals surface area contributed by atoms with Gasteiger partial charge in [-0.1, -0.05) is 48.6 Å². The van der Waals surface area contributed by atoms with Gasteiger partial charge in [0.2, 0.25) is 0 Å². The average molecular weight is 410 g/mol. The van der Waals surface area contributed by atoms with Crippen LogP contribution in [0.25, 0.3) is 43.0 Å². The average Bonchev–Trinajstić information content (AvgIpc) is 3.29. The zero-order valence-electron chi connectivity index (χ0n) is 16.6. The molecular weight excluding hydrogens is 388 g/mol. The van der Waals surface area contributed by atoms with E-state index in [0.29, 0.717) is 0 Å². The van der Waals surface area contributed by atoms with Crippen molar-refractivity contribution in [1.82, 2.24) is 9.55 Å². The van der Waals surface area contributed by atoms with Crippen molar-refractivity contribution >= 4 is 62.6 Å². The Balaban J connectivity index is 1.75. The molecule has 0 saturated heterocycles. The van der Waals surface area contributed by atoms with Crippen molar-refractivity contribution in [3.8, 4) is 5.69 Å². The van der Waals surface area contributed by atoms with Crippen LogP contribution < -0.4 is 5.19 Å². The topological polar surface area (TPSA) is 17.8 Å². The molecule has 0 N–H and O–H groups in total. The molecule has 1 aliphatic carbocycles. The van der Waals surface area contributed by atoms with Gasteiger partial charge in [0.25, 0.3) is 0 Å². The van der Waals surface area contributed by atoms with Crippen molar-refractivity contribution in [3.05, 3.63) is 72.1 Å². The van der Waals surface area contributed by atoms with E-state index in [4.69, 9.17) is 4.98 Å². The summed E-state index contributed by atoms with van der Waals surface area (Å²) in [5.74, 6) is 0. The third kappa shape index (κ3) is 2.49. The molecule has 0 radical (unpaired) electrons. The van der Waals surface area contributed by atoms with E-state index >= 15 is 0 Å². The van der Waals surface area contributed by atoms with Crippen LogP contribution in [0.15, 0.2) is 60.8 Å². The molecule has 0 amide bonds. The van der Waals surface area contributed by atoms with Crippen molar-refractivity contribution in [1.29, 1.82) is 0 Å². The fourth-order valence-corrected chi connectivity index (χ4v) is 6.66. The minimum Gasteiger partial charge on any atom is -0.311 e. The number of benzene rings is 2. The van der Waals surface area contributed by atoms with Gasteiger partial charge in [-0.15, -0.1) is 11.3 Å². The third-order valence-electron chi connectivity index (χ3n) is 5.97. The zero-order valence-corrected chi connectivity index (χ0v) is 18.4. The Hall–Kier alpha value is -2.69. The molecular formula is C25H21N2SSi-. The molecule has 4 heteroatoms. The molecule has 3 heterocycles. The van der Waals surface area contributed by atoms with E-state index in [0.717, 1.165) is 18.4 Å². The minimum absolute atomic E-state index is 0.490. The van der Waals surface area contributed by atoms with Crippen LogP contribution in [-0.4, -0.2) is 18.3 Å². The smallest absolute Gasteiger partial charge is 0.0896 e. The van der Waals surface area contributed by atoms with Crippen LogP contribution in [0, 0.1) is 0 Å². The maximum absolute atomic E-state index is 4.96. The molecule has 0 fully saturated rings. The number of allylic oxidation sites excluding steroid dienone is 1. The van der Waals surface area contributed by atoms with Gasteiger partial charge in [-0.05, 0) is 25.0 Å². The summed E-state index contributed by atoms with van der Waals surface area (Å²) in [6, 6.07) is 17.8. The summed E-state index contributed by atoms with van der Waals surface area (Å²) < 4.78 is 5.10. The Morgan fingerprint density at radius 1 is 1.07 bits per heavy atom. The van der Waals surface area contributed by atoms with Crippen LogP contribution in [0.5, 0.6) is 0 Å². The van der Waals surface area contributed by atoms with Gasteiger partial charge < -0.3 is 4.57 Å². The first-order valence-electron chi connectivity index (χ1n) is 10.1. The molecule has 0 unspecified atom stereocenters. The van der Waals surface area contributed by atoms with Crippen molar-refractivity contribution in [2.24, 2.45) is 0 Å². The van der Waals surface area contributed by atoms with Crippen LogP contribution in [0.1, 0.15) is 17.7 Å². The Kier molecular flexibility index (Phi) is 3.80. The van der Waals surface area contributed by atoms with Crippen molar-refractivity contribution in [3.63, 3.8) is 0 Å². The number of aromatic nitrogens is 2. The van der Waals surface area contributed by atoms with Crippen LogP contribution in [0.2, 0.25) is 13.1 Å². The summed E-state index contributed by atoms with van der Waals surface area (Å²) in [5.41, 5.74) is 6.45. The molecule has 0 atom stereocenters. The van der Waals surface area contributed by atoms with E-state index in [-0.39, 0.29) is 0 Å². The van der Waals surface area contributed by atoms with E-state index in [2.05, 4.69) is 84.5 Å². The molecule has 142 valence electrons. The Morgan fingerprint density at radius 3 is 2.86 bits per heavy atom. The molecule has 1 aliphatic rings. The number of hydrogen-bond donors (Lipinski definition) is 0. The van der Waals surface area contributed by atoms with Crippen LogP contribution in [0.3, 0.4) is 0 Å². The summed E-state index contributed by atoms with van der Waals surface area (Å²) in [7, 11) is -0.490. The zero-order chi connectivity index (χ0) is 19.5. The van der Waals surface area contributed by atoms with Gasteiger partial charge in [0.05, 0.1) is 21.9 Å². The first-order valence-corrected chi connectivity index (χ1v) is 13.4. The molecule has 0 aliphatic heterocycles. The SMILES string of the molecule is C[Si-](C)c1cccc(-n2c3c(c4c5sc6ccccc6c5ncc42)C=CCC3)c1. The standard InChI is InChI=1S/C25H21N2SSi/c1-29(2)17-9-7-8-16(14-17)27-20-12-5-3-10-18(20)23-21(27)15-26-24-19-11-4-6-13-22(19)28-25(23)24/h3-4,6-11,13-15H,5,12H2,1-2H3/q-1. The molecule has 5 aromatic rings. The van der Waals surface area contributed by atoms with Crippen molar-refractivity contribution in [2.45, 2.75) is 25.9 Å². The largest absolute Gasteiger partial charge is 0.311 e. The first-order chi connectivity index (χ1) is 14.2. The van der Waals surface area contributed by atoms with E-state index in [1.54, 1.807) is 0 Å². The summed E-state index contributed by atoms with van der Waals surface area (Å²) >= 11 is 1.88. The maximum Gasteiger partial charge on any atom is 0.0896 e. The number of hydrogen-bond acceptors (Lipinski definition) is 2. The van der Waals surface area contributed by atoms with Crippen LogP contribution >= 0.6 is 11.3 Å². The van der Waals surface area contributed by atoms with E-state index in [1.165, 1.54) is 47.8 Å². The Bertz CT molecular complexity index is 1440. The number of thiophene rings is 1. The highest BCUT2D eigenvalue weighted by Gasteiger charge is 2.22. The normalized spacial score (nSPS) is 13.4. The lowest BCUT2D eigenvalue weighted by Crippen LogP contribution is -2.23. The molecule has 0 spiro atoms. The second-order valence-corrected chi connectivity index (χ2v) is 11.6. The van der Waals surface area contributed by atoms with Crippen LogP contribution in [-0.2, 0) is 6.42 Å². The lowest BCUT2D eigenvalue weighted by molar-refractivity contribution is 0.888. The predicted molar refractivity (Wildman–Crippen MR) is 128 cm³/mol. The first kappa shape index (κ1) is 17.2. The molecule has 6 rings (SSSR count). The number of pyridine rings is 1. The van der Waals surface area contributed by atoms with Gasteiger partial charge in [-0.2, -0.15) is 18.3 Å². The molecule has 3 aromatic heterocycles. The monoisotopic (exact) mass is 409 g/mol. The highest BCUT2D eigenvalue weighted by Crippen LogP contribution is 2.42. The number of nitrogens with zero attached hydrogens (tertiary/aromatic N) is 2. The lowest BCUT2D eigenvalue weighted by atomic mass is 10.0. The van der Waals surface area contributed by atoms with E-state index < -0.39 is 8.80 Å². The minimum atomic E-state index is -0.490. The van der Waals surface area contributed by atoms with Gasteiger partial charge >= 0.3 is 0 Å². The quantitative estimate of drug-likeness (QED) is 0.312. The highest BCUT2D eigenvalue weighted by atomic mass is 32.1. The summed E-state index contributed by atoms with van der Waals surface area (Å²) in [4.78, 5) is 4.96. The summed E-state index contributed by atoms with van der Waals surface area (Å²) in [5, 5.41) is 4.11. The third-order valence-corrected chi connectivity index (χ3v) is 8.62. The molecule has 2 nitrogen and oxygen atoms in total. The van der Waals surface area contributed by atoms with Gasteiger partial charge in [-0.3, -0.25) is 13.8 Å². The van der Waals surface area contributed by atoms with Gasteiger partial charge in [-0.25, -0.2) is 0 Å². The predicted octanol–water partition coefficient (Wildman–Crippen LogP) is 6.31. The number of rotatable bonds is 2.